The van der Waals surface area contributed by atoms with Crippen molar-refractivity contribution in [2.75, 3.05) is 13.6 Å². The van der Waals surface area contributed by atoms with E-state index in [0.29, 0.717) is 31.2 Å². The molecule has 0 radical (unpaired) electrons. The van der Waals surface area contributed by atoms with Gasteiger partial charge in [0.15, 0.2) is 16.6 Å². The van der Waals surface area contributed by atoms with Crippen molar-refractivity contribution in [3.05, 3.63) is 0 Å². The van der Waals surface area contributed by atoms with Crippen LogP contribution in [0.25, 0.3) is 0 Å². The number of rotatable bonds is 19. The molecule has 15 nitrogen and oxygen atoms in total. The Morgan fingerprint density at radius 3 is 1.34 bits per heavy atom. The third kappa shape index (κ3) is 12.7. The second-order valence-electron chi connectivity index (χ2n) is 32.9. The number of carbonyl (C=O) groups is 8. The quantitative estimate of drug-likeness (QED) is 0.0888. The van der Waals surface area contributed by atoms with Crippen LogP contribution in [0.5, 0.6) is 0 Å². The van der Waals surface area contributed by atoms with Crippen LogP contribution in [0.1, 0.15) is 220 Å². The summed E-state index contributed by atoms with van der Waals surface area (Å²) >= 11 is 0. The first-order chi connectivity index (χ1) is 42.0. The smallest absolute Gasteiger partial charge is 0.233 e. The molecular weight excluding hydrogens is 1140 g/mol. The fourth-order valence-corrected chi connectivity index (χ4v) is 31.1. The van der Waals surface area contributed by atoms with Gasteiger partial charge in [0.1, 0.15) is 0 Å². The van der Waals surface area contributed by atoms with E-state index >= 15 is 0 Å². The lowest BCUT2D eigenvalue weighted by Gasteiger charge is -2.47. The van der Waals surface area contributed by atoms with E-state index in [0.717, 1.165) is 147 Å². The number of unbranched alkanes of at least 4 members (excludes halogenated alkanes) is 1. The summed E-state index contributed by atoms with van der Waals surface area (Å²) in [4.78, 5) is 118. The van der Waals surface area contributed by atoms with Crippen molar-refractivity contribution in [1.82, 2.24) is 19.6 Å². The molecule has 4 heterocycles. The van der Waals surface area contributed by atoms with Gasteiger partial charge in [-0.05, 0) is 239 Å². The molecule has 0 aromatic carbocycles. The van der Waals surface area contributed by atoms with Crippen LogP contribution in [-0.4, -0.2) is 134 Å². The van der Waals surface area contributed by atoms with E-state index in [1.54, 1.807) is 21.7 Å². The molecule has 0 spiro atoms. The first-order valence-electron chi connectivity index (χ1n) is 36.4. The van der Waals surface area contributed by atoms with E-state index in [2.05, 4.69) is 47.0 Å². The van der Waals surface area contributed by atoms with E-state index in [1.807, 2.05) is 0 Å². The van der Waals surface area contributed by atoms with Crippen molar-refractivity contribution in [3.8, 4) is 0 Å². The summed E-state index contributed by atoms with van der Waals surface area (Å²) in [5, 5.41) is 0. The molecule has 490 valence electrons. The Balaban J connectivity index is 0.561. The molecule has 8 amide bonds. The standard InChI is InChI=1S/C71H112N4O11Si2/c1-9-10-37-87(5,6)86-88(7,8)38-15-36-73-61(76)41-57(66(73)79)55-40-60-64(54-19-14-12-17-52(54)55)70(83)75(68(60)81)46-26-34-50(35-27-46)85-48-30-22-44(23-31-48)71(2,3)43-20-28-47(29-21-43)84-49-32-24-45(25-33-49)74-62(77)42-58(67(74)80)56-39-59-63(69(82)72(4)65(59)78)53-18-13-11-16-51(53)56/h43-60,63-64H,9-42H2,1-8H3. The van der Waals surface area contributed by atoms with Crippen molar-refractivity contribution in [1.29, 1.82) is 0 Å². The maximum atomic E-state index is 14.6. The van der Waals surface area contributed by atoms with Gasteiger partial charge < -0.3 is 13.6 Å². The number of nitrogens with zero attached hydrogens (tertiary/aromatic N) is 4. The van der Waals surface area contributed by atoms with Crippen LogP contribution < -0.4 is 0 Å². The number of ether oxygens (including phenoxy) is 2. The van der Waals surface area contributed by atoms with Gasteiger partial charge in [-0.25, -0.2) is 0 Å². The molecular formula is C71H112N4O11Si2. The van der Waals surface area contributed by atoms with Crippen molar-refractivity contribution in [2.24, 2.45) is 88.3 Å². The van der Waals surface area contributed by atoms with E-state index in [4.69, 9.17) is 13.6 Å². The number of carbonyl (C=O) groups excluding carboxylic acids is 8. The number of fused-ring (bicyclic) bond motifs is 6. The number of amides is 8. The van der Waals surface area contributed by atoms with Crippen LogP contribution in [0.15, 0.2) is 0 Å². The van der Waals surface area contributed by atoms with E-state index in [1.165, 1.54) is 43.4 Å². The normalized spacial score (nSPS) is 40.4. The molecule has 12 aliphatic rings. The Hall–Kier alpha value is -3.13. The molecule has 12 unspecified atom stereocenters. The molecule has 0 aromatic rings. The van der Waals surface area contributed by atoms with Gasteiger partial charge in [-0.2, -0.15) is 0 Å². The van der Waals surface area contributed by atoms with Crippen molar-refractivity contribution in [3.63, 3.8) is 0 Å². The molecule has 12 rings (SSSR count). The van der Waals surface area contributed by atoms with Crippen molar-refractivity contribution < 1.29 is 51.9 Å². The molecule has 8 saturated carbocycles. The highest BCUT2D eigenvalue weighted by atomic mass is 28.4. The average Bonchev–Trinajstić information content (AvgIpc) is 1.59. The van der Waals surface area contributed by atoms with Gasteiger partial charge in [0.2, 0.25) is 47.3 Å². The van der Waals surface area contributed by atoms with Gasteiger partial charge in [-0.1, -0.05) is 59.3 Å². The van der Waals surface area contributed by atoms with Gasteiger partial charge >= 0.3 is 0 Å². The van der Waals surface area contributed by atoms with Gasteiger partial charge in [0.25, 0.3) is 0 Å². The van der Waals surface area contributed by atoms with Crippen LogP contribution in [0.3, 0.4) is 0 Å². The first kappa shape index (κ1) is 65.0. The Bertz CT molecular complexity index is 2620. The van der Waals surface area contributed by atoms with Crippen LogP contribution in [0.2, 0.25) is 38.3 Å². The highest BCUT2D eigenvalue weighted by molar-refractivity contribution is 6.84. The lowest BCUT2D eigenvalue weighted by Crippen LogP contribution is -2.48. The Morgan fingerprint density at radius 1 is 0.432 bits per heavy atom. The summed E-state index contributed by atoms with van der Waals surface area (Å²) in [6.07, 6.45) is 29.1. The molecule has 12 atom stereocenters. The maximum absolute atomic E-state index is 14.6. The summed E-state index contributed by atoms with van der Waals surface area (Å²) in [7, 11) is -2.11. The van der Waals surface area contributed by atoms with Gasteiger partial charge in [-0.15, -0.1) is 0 Å². The summed E-state index contributed by atoms with van der Waals surface area (Å²) < 4.78 is 20.6. The fraction of sp³-hybridized carbons (Fsp3) is 0.887. The van der Waals surface area contributed by atoms with E-state index < -0.39 is 28.5 Å². The predicted octanol–water partition coefficient (Wildman–Crippen LogP) is 12.6. The van der Waals surface area contributed by atoms with Gasteiger partial charge in [-0.3, -0.25) is 58.0 Å². The molecule has 12 fully saturated rings. The number of imide groups is 4. The largest absolute Gasteiger partial charge is 0.455 e. The zero-order valence-electron chi connectivity index (χ0n) is 55.4. The summed E-state index contributed by atoms with van der Waals surface area (Å²) in [6, 6.07) is 1.89. The second kappa shape index (κ2) is 26.3. The van der Waals surface area contributed by atoms with Crippen molar-refractivity contribution >= 4 is 63.9 Å². The minimum Gasteiger partial charge on any atom is -0.455 e. The molecule has 4 saturated heterocycles. The summed E-state index contributed by atoms with van der Waals surface area (Å²) in [5.74, 6) is -0.501. The van der Waals surface area contributed by atoms with Crippen LogP contribution in [-0.2, 0) is 51.9 Å². The Labute approximate surface area is 529 Å². The fourth-order valence-electron chi connectivity index (χ4n) is 22.1. The third-order valence-electron chi connectivity index (χ3n) is 26.6. The molecule has 88 heavy (non-hydrogen) atoms. The lowest BCUT2D eigenvalue weighted by atomic mass is 9.55. The van der Waals surface area contributed by atoms with Gasteiger partial charge in [0, 0.05) is 38.5 Å². The second-order valence-corrected chi connectivity index (χ2v) is 41.8. The minimum atomic E-state index is -1.96. The minimum absolute atomic E-state index is 0.0168. The van der Waals surface area contributed by atoms with E-state index in [9.17, 15) is 38.4 Å². The van der Waals surface area contributed by atoms with Crippen LogP contribution >= 0.6 is 0 Å². The number of likely N-dealkylation sites (tertiary alicyclic amines) is 4. The molecule has 0 bridgehead atoms. The topological polar surface area (TPSA) is 177 Å². The molecule has 17 heteroatoms. The van der Waals surface area contributed by atoms with Gasteiger partial charge in [0.05, 0.1) is 59.9 Å². The number of hydrogen-bond donors (Lipinski definition) is 0. The average molecular weight is 1250 g/mol. The molecule has 8 aliphatic carbocycles. The van der Waals surface area contributed by atoms with Crippen LogP contribution in [0.4, 0.5) is 0 Å². The highest BCUT2D eigenvalue weighted by Crippen LogP contribution is 2.59. The maximum Gasteiger partial charge on any atom is 0.233 e. The Morgan fingerprint density at radius 2 is 0.841 bits per heavy atom. The SMILES string of the molecule is CCCC[Si](C)(C)O[Si](C)(C)CCCN1C(=O)CC(C2CC3C(=O)N(C4CCC(OC5CCC(C(C)(C)C6CCC(OC7CCC(N8C(=O)CC(C9CC%10C(=O)N(C)C(=O)C%10C%10CCCCC9%10)C8=O)CC7)CC6)CC5)CC4)C(=O)C3C3CCCCC23)C1=O. The monoisotopic (exact) mass is 1250 g/mol. The zero-order chi connectivity index (χ0) is 62.1. The molecule has 4 aliphatic heterocycles. The van der Waals surface area contributed by atoms with Crippen LogP contribution in [0, 0.1) is 88.3 Å². The molecule has 0 N–H and O–H groups in total. The highest BCUT2D eigenvalue weighted by Gasteiger charge is 2.63. The zero-order valence-corrected chi connectivity index (χ0v) is 57.4. The summed E-state index contributed by atoms with van der Waals surface area (Å²) in [6.45, 7) is 16.9. The molecule has 0 aromatic heterocycles. The predicted molar refractivity (Wildman–Crippen MR) is 340 cm³/mol. The van der Waals surface area contributed by atoms with E-state index in [-0.39, 0.29) is 161 Å². The lowest BCUT2D eigenvalue weighted by molar-refractivity contribution is -0.147. The first-order valence-corrected chi connectivity index (χ1v) is 42.7. The summed E-state index contributed by atoms with van der Waals surface area (Å²) in [5.41, 5.74) is 0.227. The number of hydrogen-bond acceptors (Lipinski definition) is 11. The third-order valence-corrected chi connectivity index (χ3v) is 34.2. The van der Waals surface area contributed by atoms with Crippen molar-refractivity contribution in [2.45, 2.75) is 295 Å². The Kier molecular flexibility index (Phi) is 19.4.